The van der Waals surface area contributed by atoms with Crippen LogP contribution >= 0.6 is 0 Å². The van der Waals surface area contributed by atoms with Crippen LogP contribution in [0.25, 0.3) is 11.3 Å². The van der Waals surface area contributed by atoms with E-state index < -0.39 is 10.8 Å². The molecule has 3 rings (SSSR count). The number of carbonyl (C=O) groups excluding carboxylic acids is 1. The number of carbonyl (C=O) groups is 1. The van der Waals surface area contributed by atoms with E-state index in [1.165, 1.54) is 12.1 Å². The van der Waals surface area contributed by atoms with E-state index in [9.17, 15) is 13.4 Å². The maximum Gasteiger partial charge on any atom is 0.272 e. The molecule has 0 fully saturated rings. The van der Waals surface area contributed by atoms with Crippen molar-refractivity contribution in [1.82, 2.24) is 4.57 Å². The van der Waals surface area contributed by atoms with E-state index in [1.807, 2.05) is 6.07 Å². The largest absolute Gasteiger partial charge is 0.340 e. The van der Waals surface area contributed by atoms with Gasteiger partial charge in [-0.2, -0.15) is 0 Å². The van der Waals surface area contributed by atoms with E-state index in [4.69, 9.17) is 0 Å². The number of hydrogen-bond acceptors (Lipinski definition) is 2. The molecule has 0 spiro atoms. The molecule has 0 radical (unpaired) electrons. The van der Waals surface area contributed by atoms with Crippen LogP contribution in [0.4, 0.5) is 10.1 Å². The van der Waals surface area contributed by atoms with Crippen molar-refractivity contribution in [2.24, 2.45) is 7.05 Å². The Balaban J connectivity index is 1.85. The summed E-state index contributed by atoms with van der Waals surface area (Å²) in [6, 6.07) is 16.6. The molecule has 0 saturated carbocycles. The number of amides is 1. The van der Waals surface area contributed by atoms with Gasteiger partial charge in [-0.1, -0.05) is 6.07 Å². The number of rotatable bonds is 4. The molecule has 1 amide bonds. The van der Waals surface area contributed by atoms with Crippen LogP contribution in [0.15, 0.2) is 65.6 Å². The Hall–Kier alpha value is -2.73. The Morgan fingerprint density at radius 3 is 2.48 bits per heavy atom. The van der Waals surface area contributed by atoms with Crippen molar-refractivity contribution in [3.05, 3.63) is 72.2 Å². The summed E-state index contributed by atoms with van der Waals surface area (Å²) in [4.78, 5) is 13.2. The predicted molar refractivity (Wildman–Crippen MR) is 97.5 cm³/mol. The molecule has 6 heteroatoms. The monoisotopic (exact) mass is 356 g/mol. The maximum absolute atomic E-state index is 13.1. The highest BCUT2D eigenvalue weighted by Gasteiger charge is 2.14. The summed E-state index contributed by atoms with van der Waals surface area (Å²) < 4.78 is 26.4. The van der Waals surface area contributed by atoms with Gasteiger partial charge in [-0.25, -0.2) is 4.39 Å². The van der Waals surface area contributed by atoms with Crippen molar-refractivity contribution >= 4 is 22.4 Å². The Bertz CT molecular complexity index is 948. The number of benzene rings is 2. The Morgan fingerprint density at radius 1 is 1.08 bits per heavy atom. The summed E-state index contributed by atoms with van der Waals surface area (Å²) in [6.07, 6.45) is 1.59. The lowest BCUT2D eigenvalue weighted by molar-refractivity contribution is 0.101. The van der Waals surface area contributed by atoms with E-state index in [0.717, 1.165) is 11.3 Å². The van der Waals surface area contributed by atoms with Gasteiger partial charge >= 0.3 is 0 Å². The fraction of sp³-hybridized carbons (Fsp3) is 0.105. The molecular formula is C19H17FN2O2S. The Morgan fingerprint density at radius 2 is 1.80 bits per heavy atom. The van der Waals surface area contributed by atoms with Crippen molar-refractivity contribution < 1.29 is 13.4 Å². The van der Waals surface area contributed by atoms with Crippen molar-refractivity contribution in [2.45, 2.75) is 4.90 Å². The first kappa shape index (κ1) is 17.1. The Labute approximate surface area is 147 Å². The molecule has 4 nitrogen and oxygen atoms in total. The third-order valence-electron chi connectivity index (χ3n) is 3.92. The van der Waals surface area contributed by atoms with Gasteiger partial charge in [-0.3, -0.25) is 9.00 Å². The van der Waals surface area contributed by atoms with Crippen LogP contribution in [-0.4, -0.2) is 20.9 Å². The van der Waals surface area contributed by atoms with E-state index in [1.54, 1.807) is 60.3 Å². The fourth-order valence-electron chi connectivity index (χ4n) is 2.60. The summed E-state index contributed by atoms with van der Waals surface area (Å²) in [7, 11) is 0.670. The molecule has 1 N–H and O–H groups in total. The second-order valence-electron chi connectivity index (χ2n) is 5.61. The van der Waals surface area contributed by atoms with Gasteiger partial charge in [-0.15, -0.1) is 0 Å². The van der Waals surface area contributed by atoms with Crippen LogP contribution in [0.2, 0.25) is 0 Å². The second kappa shape index (κ2) is 7.03. The first-order chi connectivity index (χ1) is 12.0. The zero-order chi connectivity index (χ0) is 18.0. The molecule has 0 aliphatic heterocycles. The number of nitrogens with zero attached hydrogens (tertiary/aromatic N) is 1. The van der Waals surface area contributed by atoms with E-state index >= 15 is 0 Å². The molecule has 0 aliphatic rings. The quantitative estimate of drug-likeness (QED) is 0.773. The lowest BCUT2D eigenvalue weighted by Crippen LogP contribution is -2.16. The highest BCUT2D eigenvalue weighted by atomic mass is 32.2. The number of anilines is 1. The molecule has 0 saturated heterocycles. The molecule has 1 atom stereocenters. The minimum atomic E-state index is -1.11. The molecule has 0 bridgehead atoms. The normalized spacial score (nSPS) is 12.0. The van der Waals surface area contributed by atoms with E-state index in [0.29, 0.717) is 16.3 Å². The predicted octanol–water partition coefficient (Wildman–Crippen LogP) is 3.82. The lowest BCUT2D eigenvalue weighted by Gasteiger charge is -2.09. The third kappa shape index (κ3) is 3.69. The van der Waals surface area contributed by atoms with Gasteiger partial charge in [0.2, 0.25) is 0 Å². The molecule has 0 aliphatic carbocycles. The summed E-state index contributed by atoms with van der Waals surface area (Å²) in [6.45, 7) is 0. The summed E-state index contributed by atoms with van der Waals surface area (Å²) in [5.41, 5.74) is 2.70. The average Bonchev–Trinajstić information content (AvgIpc) is 2.97. The highest BCUT2D eigenvalue weighted by Crippen LogP contribution is 2.23. The van der Waals surface area contributed by atoms with E-state index in [-0.39, 0.29) is 11.7 Å². The van der Waals surface area contributed by atoms with Gasteiger partial charge in [0.05, 0.1) is 0 Å². The van der Waals surface area contributed by atoms with Crippen molar-refractivity contribution in [1.29, 1.82) is 0 Å². The van der Waals surface area contributed by atoms with Gasteiger partial charge < -0.3 is 9.88 Å². The van der Waals surface area contributed by atoms with Crippen molar-refractivity contribution in [3.63, 3.8) is 0 Å². The molecular weight excluding hydrogens is 339 g/mol. The molecule has 128 valence electrons. The van der Waals surface area contributed by atoms with Crippen molar-refractivity contribution in [2.75, 3.05) is 11.6 Å². The van der Waals surface area contributed by atoms with E-state index in [2.05, 4.69) is 5.32 Å². The Kier molecular flexibility index (Phi) is 4.81. The van der Waals surface area contributed by atoms with Crippen LogP contribution < -0.4 is 5.32 Å². The van der Waals surface area contributed by atoms with Crippen LogP contribution in [0.3, 0.4) is 0 Å². The van der Waals surface area contributed by atoms with Crippen LogP contribution in [0.5, 0.6) is 0 Å². The average molecular weight is 356 g/mol. The standard InChI is InChI=1S/C19H17FN2O2S/c1-22-17(13-6-8-14(20)9-7-13)10-11-18(22)19(23)21-15-4-3-5-16(12-15)25(2)24/h3-12H,1-2H3,(H,21,23)/t25-/m1/s1. The topological polar surface area (TPSA) is 51.1 Å². The maximum atomic E-state index is 13.1. The number of halogens is 1. The molecule has 3 aromatic rings. The second-order valence-corrected chi connectivity index (χ2v) is 6.99. The molecule has 0 unspecified atom stereocenters. The molecule has 2 aromatic carbocycles. The lowest BCUT2D eigenvalue weighted by atomic mass is 10.1. The van der Waals surface area contributed by atoms with Gasteiger partial charge in [0.1, 0.15) is 11.5 Å². The fourth-order valence-corrected chi connectivity index (χ4v) is 3.16. The minimum Gasteiger partial charge on any atom is -0.340 e. The summed E-state index contributed by atoms with van der Waals surface area (Å²) in [5.74, 6) is -0.570. The zero-order valence-corrected chi connectivity index (χ0v) is 14.6. The number of aromatic nitrogens is 1. The van der Waals surface area contributed by atoms with Gasteiger partial charge in [0.15, 0.2) is 0 Å². The van der Waals surface area contributed by atoms with Gasteiger partial charge in [0, 0.05) is 40.4 Å². The summed E-state index contributed by atoms with van der Waals surface area (Å²) >= 11 is 0. The van der Waals surface area contributed by atoms with Crippen LogP contribution in [-0.2, 0) is 17.8 Å². The minimum absolute atomic E-state index is 0.269. The first-order valence-corrected chi connectivity index (χ1v) is 9.18. The molecule has 1 aromatic heterocycles. The first-order valence-electron chi connectivity index (χ1n) is 7.62. The van der Waals surface area contributed by atoms with Gasteiger partial charge in [0.25, 0.3) is 5.91 Å². The highest BCUT2D eigenvalue weighted by molar-refractivity contribution is 7.84. The SMILES string of the molecule is Cn1c(C(=O)Nc2cccc([S@@](C)=O)c2)ccc1-c1ccc(F)cc1. The third-order valence-corrected chi connectivity index (χ3v) is 4.84. The van der Waals surface area contributed by atoms with Crippen LogP contribution in [0, 0.1) is 5.82 Å². The van der Waals surface area contributed by atoms with Gasteiger partial charge in [-0.05, 0) is 60.2 Å². The molecule has 25 heavy (non-hydrogen) atoms. The van der Waals surface area contributed by atoms with Crippen molar-refractivity contribution in [3.8, 4) is 11.3 Å². The zero-order valence-electron chi connectivity index (χ0n) is 13.8. The molecule has 1 heterocycles. The summed E-state index contributed by atoms with van der Waals surface area (Å²) in [5, 5.41) is 2.81. The van der Waals surface area contributed by atoms with Crippen LogP contribution in [0.1, 0.15) is 10.5 Å². The number of nitrogens with one attached hydrogen (secondary N) is 1. The smallest absolute Gasteiger partial charge is 0.272 e. The number of hydrogen-bond donors (Lipinski definition) is 1.